The Hall–Kier alpha value is -2.60. The lowest BCUT2D eigenvalue weighted by Crippen LogP contribution is -2.38. The molecular formula is C18H23N3O3. The van der Waals surface area contributed by atoms with E-state index < -0.39 is 0 Å². The molecule has 24 heavy (non-hydrogen) atoms. The van der Waals surface area contributed by atoms with Crippen LogP contribution >= 0.6 is 0 Å². The largest absolute Gasteiger partial charge is 0.375 e. The van der Waals surface area contributed by atoms with Crippen molar-refractivity contribution < 1.29 is 9.53 Å². The predicted molar refractivity (Wildman–Crippen MR) is 93.0 cm³/mol. The summed E-state index contributed by atoms with van der Waals surface area (Å²) in [7, 11) is 1.60. The highest BCUT2D eigenvalue weighted by molar-refractivity contribution is 5.73. The van der Waals surface area contributed by atoms with Gasteiger partial charge in [-0.05, 0) is 31.0 Å². The zero-order chi connectivity index (χ0) is 17.5. The Labute approximate surface area is 141 Å². The minimum atomic E-state index is -0.340. The van der Waals surface area contributed by atoms with Crippen LogP contribution in [0.3, 0.4) is 0 Å². The van der Waals surface area contributed by atoms with E-state index in [9.17, 15) is 9.59 Å². The summed E-state index contributed by atoms with van der Waals surface area (Å²) in [6.07, 6.45) is -0.221. The van der Waals surface area contributed by atoms with Crippen LogP contribution in [0.1, 0.15) is 28.5 Å². The Morgan fingerprint density at radius 2 is 1.92 bits per heavy atom. The number of aromatic amines is 1. The van der Waals surface area contributed by atoms with E-state index in [4.69, 9.17) is 4.74 Å². The number of nitrogens with one attached hydrogen (secondary N) is 3. The van der Waals surface area contributed by atoms with Crippen molar-refractivity contribution >= 4 is 6.03 Å². The summed E-state index contributed by atoms with van der Waals surface area (Å²) in [6, 6.07) is 11.2. The van der Waals surface area contributed by atoms with Gasteiger partial charge in [0.2, 0.25) is 0 Å². The average Bonchev–Trinajstić information content (AvgIpc) is 2.55. The molecule has 0 aliphatic rings. The second kappa shape index (κ2) is 8.31. The SMILES string of the molecule is CO[C@@H](CNC(=O)NCc1c(C)cc(C)[nH]c1=O)c1ccccc1. The molecule has 2 amide bonds. The summed E-state index contributed by atoms with van der Waals surface area (Å²) in [5.41, 5.74) is 3.03. The van der Waals surface area contributed by atoms with Crippen LogP contribution in [0.5, 0.6) is 0 Å². The molecule has 0 saturated heterocycles. The first kappa shape index (κ1) is 17.7. The number of hydrogen-bond acceptors (Lipinski definition) is 3. The second-order valence-corrected chi connectivity index (χ2v) is 5.64. The number of rotatable bonds is 6. The third kappa shape index (κ3) is 4.70. The van der Waals surface area contributed by atoms with E-state index in [0.29, 0.717) is 12.1 Å². The predicted octanol–water partition coefficient (Wildman–Crippen LogP) is 2.18. The van der Waals surface area contributed by atoms with Gasteiger partial charge in [0.25, 0.3) is 5.56 Å². The van der Waals surface area contributed by atoms with Crippen LogP contribution in [0, 0.1) is 13.8 Å². The van der Waals surface area contributed by atoms with Gasteiger partial charge in [-0.2, -0.15) is 0 Å². The first-order valence-electron chi connectivity index (χ1n) is 7.80. The van der Waals surface area contributed by atoms with Gasteiger partial charge >= 0.3 is 6.03 Å². The smallest absolute Gasteiger partial charge is 0.315 e. The molecule has 0 spiro atoms. The number of hydrogen-bond donors (Lipinski definition) is 3. The van der Waals surface area contributed by atoms with E-state index >= 15 is 0 Å². The van der Waals surface area contributed by atoms with Gasteiger partial charge in [0.05, 0.1) is 12.6 Å². The van der Waals surface area contributed by atoms with E-state index in [1.807, 2.05) is 50.2 Å². The summed E-state index contributed by atoms with van der Waals surface area (Å²) < 4.78 is 5.40. The lowest BCUT2D eigenvalue weighted by Gasteiger charge is -2.17. The van der Waals surface area contributed by atoms with Crippen molar-refractivity contribution in [2.24, 2.45) is 0 Å². The molecule has 0 unspecified atom stereocenters. The van der Waals surface area contributed by atoms with Gasteiger partial charge in [-0.15, -0.1) is 0 Å². The fraction of sp³-hybridized carbons (Fsp3) is 0.333. The van der Waals surface area contributed by atoms with Crippen molar-refractivity contribution in [3.63, 3.8) is 0 Å². The number of H-pyrrole nitrogens is 1. The lowest BCUT2D eigenvalue weighted by atomic mass is 10.1. The molecule has 1 aromatic heterocycles. The van der Waals surface area contributed by atoms with Gasteiger partial charge in [-0.25, -0.2) is 4.79 Å². The number of benzene rings is 1. The molecule has 2 aromatic rings. The van der Waals surface area contributed by atoms with Crippen LogP contribution in [-0.2, 0) is 11.3 Å². The van der Waals surface area contributed by atoms with E-state index in [0.717, 1.165) is 16.8 Å². The first-order valence-corrected chi connectivity index (χ1v) is 7.80. The van der Waals surface area contributed by atoms with Crippen LogP contribution in [0.15, 0.2) is 41.2 Å². The van der Waals surface area contributed by atoms with Crippen LogP contribution < -0.4 is 16.2 Å². The Kier molecular flexibility index (Phi) is 6.14. The fourth-order valence-corrected chi connectivity index (χ4v) is 2.52. The summed E-state index contributed by atoms with van der Waals surface area (Å²) in [6.45, 7) is 4.20. The van der Waals surface area contributed by atoms with Crippen molar-refractivity contribution in [2.45, 2.75) is 26.5 Å². The average molecular weight is 329 g/mol. The van der Waals surface area contributed by atoms with Crippen molar-refractivity contribution in [2.75, 3.05) is 13.7 Å². The zero-order valence-corrected chi connectivity index (χ0v) is 14.2. The molecule has 1 heterocycles. The summed E-state index contributed by atoms with van der Waals surface area (Å²) in [4.78, 5) is 26.6. The molecule has 2 rings (SSSR count). The molecule has 0 aliphatic heterocycles. The summed E-state index contributed by atoms with van der Waals surface area (Å²) in [5.74, 6) is 0. The van der Waals surface area contributed by atoms with Crippen molar-refractivity contribution in [3.05, 3.63) is 69.1 Å². The number of urea groups is 1. The van der Waals surface area contributed by atoms with Gasteiger partial charge < -0.3 is 20.4 Å². The Bertz CT molecular complexity index is 741. The maximum Gasteiger partial charge on any atom is 0.315 e. The van der Waals surface area contributed by atoms with Gasteiger partial charge in [0, 0.05) is 24.9 Å². The number of methoxy groups -OCH3 is 1. The number of aryl methyl sites for hydroxylation is 2. The molecular weight excluding hydrogens is 306 g/mol. The summed E-state index contributed by atoms with van der Waals surface area (Å²) in [5, 5.41) is 5.47. The van der Waals surface area contributed by atoms with Gasteiger partial charge in [0.1, 0.15) is 0 Å². The summed E-state index contributed by atoms with van der Waals surface area (Å²) >= 11 is 0. The van der Waals surface area contributed by atoms with Crippen LogP contribution in [0.2, 0.25) is 0 Å². The maximum absolute atomic E-state index is 12.0. The Morgan fingerprint density at radius 1 is 1.21 bits per heavy atom. The minimum absolute atomic E-state index is 0.174. The van der Waals surface area contributed by atoms with Crippen molar-refractivity contribution in [3.8, 4) is 0 Å². The molecule has 6 nitrogen and oxygen atoms in total. The van der Waals surface area contributed by atoms with Gasteiger partial charge in [0.15, 0.2) is 0 Å². The van der Waals surface area contributed by atoms with Crippen LogP contribution in [0.25, 0.3) is 0 Å². The second-order valence-electron chi connectivity index (χ2n) is 5.64. The van der Waals surface area contributed by atoms with E-state index in [-0.39, 0.29) is 24.2 Å². The van der Waals surface area contributed by atoms with Crippen molar-refractivity contribution in [1.29, 1.82) is 0 Å². The highest BCUT2D eigenvalue weighted by atomic mass is 16.5. The number of amides is 2. The third-order valence-electron chi connectivity index (χ3n) is 3.82. The zero-order valence-electron chi connectivity index (χ0n) is 14.2. The lowest BCUT2D eigenvalue weighted by molar-refractivity contribution is 0.104. The standard InChI is InChI=1S/C18H23N3O3/c1-12-9-13(2)21-17(22)15(12)10-19-18(23)20-11-16(24-3)14-7-5-4-6-8-14/h4-9,16H,10-11H2,1-3H3,(H,21,22)(H2,19,20,23)/t16-/m0/s1. The Morgan fingerprint density at radius 3 is 2.54 bits per heavy atom. The highest BCUT2D eigenvalue weighted by Gasteiger charge is 2.12. The quantitative estimate of drug-likeness (QED) is 0.759. The minimum Gasteiger partial charge on any atom is -0.375 e. The molecule has 3 N–H and O–H groups in total. The molecule has 6 heteroatoms. The topological polar surface area (TPSA) is 83.2 Å². The van der Waals surface area contributed by atoms with Crippen LogP contribution in [-0.4, -0.2) is 24.7 Å². The molecule has 0 bridgehead atoms. The number of aromatic nitrogens is 1. The monoisotopic (exact) mass is 329 g/mol. The molecule has 0 fully saturated rings. The van der Waals surface area contributed by atoms with Crippen molar-refractivity contribution in [1.82, 2.24) is 15.6 Å². The van der Waals surface area contributed by atoms with E-state index in [2.05, 4.69) is 15.6 Å². The number of carbonyl (C=O) groups excluding carboxylic acids is 1. The Balaban J connectivity index is 1.89. The molecule has 0 saturated carbocycles. The van der Waals surface area contributed by atoms with E-state index in [1.165, 1.54) is 0 Å². The highest BCUT2D eigenvalue weighted by Crippen LogP contribution is 2.14. The molecule has 128 valence electrons. The first-order chi connectivity index (χ1) is 11.5. The maximum atomic E-state index is 12.0. The van der Waals surface area contributed by atoms with Gasteiger partial charge in [-0.3, -0.25) is 4.79 Å². The molecule has 1 atom stereocenters. The molecule has 0 aliphatic carbocycles. The number of carbonyl (C=O) groups is 1. The number of pyridine rings is 1. The number of ether oxygens (including phenoxy) is 1. The molecule has 1 aromatic carbocycles. The van der Waals surface area contributed by atoms with Crippen LogP contribution in [0.4, 0.5) is 4.79 Å². The normalized spacial score (nSPS) is 11.8. The third-order valence-corrected chi connectivity index (χ3v) is 3.82. The molecule has 0 radical (unpaired) electrons. The fourth-order valence-electron chi connectivity index (χ4n) is 2.52. The van der Waals surface area contributed by atoms with E-state index in [1.54, 1.807) is 7.11 Å². The van der Waals surface area contributed by atoms with Gasteiger partial charge in [-0.1, -0.05) is 30.3 Å².